The van der Waals surface area contributed by atoms with E-state index in [0.717, 1.165) is 120 Å². The first-order valence-electron chi connectivity index (χ1n) is 34.3. The number of aliphatic hydroxyl groups excluding tert-OH is 1. The highest BCUT2D eigenvalue weighted by atomic mass is 31.2. The van der Waals surface area contributed by atoms with E-state index in [9.17, 15) is 43.2 Å². The standard InChI is InChI=1S/C66H128O17P2/c1-9-57(6)43-35-27-19-13-16-22-32-40-48-65(70)82-61(52-76-63(68)46-38-30-21-15-12-18-26-34-42-56(4)5)54-80-84(72,73)78-50-60(67)51-79-85(74,75)81-55-62(53-77-64(69)47-39-31-25-24-29-37-45-59(8)11-3)83-66(71)49-41-33-23-17-14-20-28-36-44-58(7)10-2/h56-62,67H,9-55H2,1-8H3,(H,72,73)(H,74,75)/t57?,58?,59?,60?,61-,62-/m1/s1. The van der Waals surface area contributed by atoms with Gasteiger partial charge in [-0.15, -0.1) is 0 Å². The molecule has 3 N–H and O–H groups in total. The Labute approximate surface area is 517 Å². The van der Waals surface area contributed by atoms with Gasteiger partial charge in [0.05, 0.1) is 26.4 Å². The molecule has 0 heterocycles. The van der Waals surface area contributed by atoms with Crippen molar-refractivity contribution in [3.8, 4) is 0 Å². The van der Waals surface area contributed by atoms with E-state index in [1.165, 1.54) is 116 Å². The zero-order valence-electron chi connectivity index (χ0n) is 55.2. The number of aliphatic hydroxyl groups is 1. The van der Waals surface area contributed by atoms with Gasteiger partial charge in [0.15, 0.2) is 12.2 Å². The van der Waals surface area contributed by atoms with Crippen LogP contribution < -0.4 is 0 Å². The van der Waals surface area contributed by atoms with E-state index in [4.69, 9.17) is 37.0 Å². The average Bonchev–Trinajstić information content (AvgIpc) is 3.47. The number of hydrogen-bond acceptors (Lipinski definition) is 15. The fourth-order valence-electron chi connectivity index (χ4n) is 9.69. The summed E-state index contributed by atoms with van der Waals surface area (Å²) in [7, 11) is -9.90. The predicted octanol–water partition coefficient (Wildman–Crippen LogP) is 18.1. The number of hydrogen-bond donors (Lipinski definition) is 3. The second kappa shape index (κ2) is 56.1. The van der Waals surface area contributed by atoms with Crippen LogP contribution in [0.2, 0.25) is 0 Å². The number of phosphoric ester groups is 2. The Balaban J connectivity index is 5.28. The van der Waals surface area contributed by atoms with Crippen molar-refractivity contribution in [2.45, 2.75) is 337 Å². The molecule has 0 aromatic carbocycles. The zero-order valence-corrected chi connectivity index (χ0v) is 57.0. The SMILES string of the molecule is CCC(C)CCCCCCCCCCC(=O)O[C@H](COC(=O)CCCCCCCCCCC(C)C)COP(=O)(O)OCC(O)COP(=O)(O)OC[C@@H](COC(=O)CCCCCCCCC(C)CC)OC(=O)CCCCCCCCCCC(C)CC. The van der Waals surface area contributed by atoms with Gasteiger partial charge in [-0.05, 0) is 49.4 Å². The summed E-state index contributed by atoms with van der Waals surface area (Å²) in [6.45, 7) is 14.0. The van der Waals surface area contributed by atoms with Crippen molar-refractivity contribution < 1.29 is 80.2 Å². The van der Waals surface area contributed by atoms with Crippen molar-refractivity contribution in [3.05, 3.63) is 0 Å². The summed E-state index contributed by atoms with van der Waals surface area (Å²) in [5.41, 5.74) is 0. The van der Waals surface area contributed by atoms with Gasteiger partial charge >= 0.3 is 39.5 Å². The quantitative estimate of drug-likeness (QED) is 0.0222. The Morgan fingerprint density at radius 1 is 0.329 bits per heavy atom. The molecular weight excluding hydrogens is 1130 g/mol. The normalized spacial score (nSPS) is 15.3. The Hall–Kier alpha value is -1.94. The number of unbranched alkanes of at least 4 members (excludes halogenated alkanes) is 26. The van der Waals surface area contributed by atoms with Gasteiger partial charge in [-0.3, -0.25) is 37.3 Å². The van der Waals surface area contributed by atoms with E-state index >= 15 is 0 Å². The summed E-state index contributed by atoms with van der Waals surface area (Å²) < 4.78 is 68.1. The molecule has 0 aliphatic carbocycles. The van der Waals surface area contributed by atoms with Crippen LogP contribution in [-0.2, 0) is 65.4 Å². The van der Waals surface area contributed by atoms with E-state index in [-0.39, 0.29) is 25.7 Å². The maximum absolute atomic E-state index is 13.0. The third kappa shape index (κ3) is 57.0. The lowest BCUT2D eigenvalue weighted by Crippen LogP contribution is -2.30. The Bertz CT molecular complexity index is 1700. The summed E-state index contributed by atoms with van der Waals surface area (Å²) in [6.07, 6.45) is 36.1. The number of ether oxygens (including phenoxy) is 4. The van der Waals surface area contributed by atoms with Gasteiger partial charge in [0.25, 0.3) is 0 Å². The summed E-state index contributed by atoms with van der Waals surface area (Å²) in [4.78, 5) is 72.3. The molecule has 0 aromatic rings. The molecule has 0 aliphatic rings. The molecule has 0 aromatic heterocycles. The van der Waals surface area contributed by atoms with Crippen LogP contribution >= 0.6 is 15.6 Å². The summed E-state index contributed by atoms with van der Waals surface area (Å²) >= 11 is 0. The zero-order chi connectivity index (χ0) is 63.2. The van der Waals surface area contributed by atoms with Crippen LogP contribution in [0.5, 0.6) is 0 Å². The van der Waals surface area contributed by atoms with Gasteiger partial charge in [0.1, 0.15) is 19.3 Å². The van der Waals surface area contributed by atoms with Crippen molar-refractivity contribution in [2.24, 2.45) is 23.7 Å². The molecule has 6 unspecified atom stereocenters. The highest BCUT2D eigenvalue weighted by Gasteiger charge is 2.30. The number of rotatable bonds is 63. The highest BCUT2D eigenvalue weighted by molar-refractivity contribution is 7.47. The first kappa shape index (κ1) is 83.1. The Kier molecular flexibility index (Phi) is 54.8. The molecule has 0 rings (SSSR count). The summed E-state index contributed by atoms with van der Waals surface area (Å²) in [5, 5.41) is 10.6. The molecule has 17 nitrogen and oxygen atoms in total. The molecule has 0 bridgehead atoms. The molecule has 0 radical (unpaired) electrons. The van der Waals surface area contributed by atoms with E-state index in [1.807, 2.05) is 0 Å². The maximum Gasteiger partial charge on any atom is 0.472 e. The molecule has 0 amide bonds. The fraction of sp³-hybridized carbons (Fsp3) is 0.939. The smallest absolute Gasteiger partial charge is 0.462 e. The predicted molar refractivity (Wildman–Crippen MR) is 340 cm³/mol. The molecule has 0 saturated carbocycles. The minimum atomic E-state index is -4.95. The molecule has 8 atom stereocenters. The lowest BCUT2D eigenvalue weighted by molar-refractivity contribution is -0.161. The van der Waals surface area contributed by atoms with Gasteiger partial charge < -0.3 is 33.8 Å². The second-order valence-electron chi connectivity index (χ2n) is 25.1. The first-order valence-corrected chi connectivity index (χ1v) is 37.3. The van der Waals surface area contributed by atoms with Crippen molar-refractivity contribution in [2.75, 3.05) is 39.6 Å². The van der Waals surface area contributed by atoms with E-state index in [1.54, 1.807) is 0 Å². The van der Waals surface area contributed by atoms with Crippen LogP contribution in [0, 0.1) is 23.7 Å². The maximum atomic E-state index is 13.0. The average molecular weight is 1260 g/mol. The van der Waals surface area contributed by atoms with Crippen LogP contribution in [-0.4, -0.2) is 96.7 Å². The Morgan fingerprint density at radius 2 is 0.565 bits per heavy atom. The van der Waals surface area contributed by atoms with E-state index in [0.29, 0.717) is 25.7 Å². The van der Waals surface area contributed by atoms with Gasteiger partial charge in [0.2, 0.25) is 0 Å². The van der Waals surface area contributed by atoms with Crippen molar-refractivity contribution in [1.29, 1.82) is 0 Å². The molecule has 0 saturated heterocycles. The fourth-order valence-corrected chi connectivity index (χ4v) is 11.3. The second-order valence-corrected chi connectivity index (χ2v) is 28.0. The minimum Gasteiger partial charge on any atom is -0.462 e. The molecule has 0 aliphatic heterocycles. The number of carbonyl (C=O) groups is 4. The minimum absolute atomic E-state index is 0.103. The van der Waals surface area contributed by atoms with Crippen LogP contribution in [0.25, 0.3) is 0 Å². The monoisotopic (exact) mass is 1250 g/mol. The molecule has 19 heteroatoms. The van der Waals surface area contributed by atoms with Crippen LogP contribution in [0.3, 0.4) is 0 Å². The van der Waals surface area contributed by atoms with Crippen LogP contribution in [0.4, 0.5) is 0 Å². The number of esters is 4. The topological polar surface area (TPSA) is 237 Å². The van der Waals surface area contributed by atoms with Gasteiger partial charge in [-0.1, -0.05) is 267 Å². The lowest BCUT2D eigenvalue weighted by Gasteiger charge is -2.21. The van der Waals surface area contributed by atoms with Crippen LogP contribution in [0.1, 0.15) is 319 Å². The van der Waals surface area contributed by atoms with Gasteiger partial charge in [-0.25, -0.2) is 9.13 Å². The third-order valence-electron chi connectivity index (χ3n) is 16.2. The largest absolute Gasteiger partial charge is 0.472 e. The third-order valence-corrected chi connectivity index (χ3v) is 18.1. The summed E-state index contributed by atoms with van der Waals surface area (Å²) in [5.74, 6) is 0.857. The summed E-state index contributed by atoms with van der Waals surface area (Å²) in [6, 6.07) is 0. The number of carbonyl (C=O) groups excluding carboxylic acids is 4. The van der Waals surface area contributed by atoms with E-state index < -0.39 is 97.5 Å². The van der Waals surface area contributed by atoms with Gasteiger partial charge in [0, 0.05) is 25.7 Å². The first-order chi connectivity index (χ1) is 40.7. The van der Waals surface area contributed by atoms with Crippen molar-refractivity contribution >= 4 is 39.5 Å². The molecule has 0 spiro atoms. The molecule has 504 valence electrons. The Morgan fingerprint density at radius 3 is 0.835 bits per heavy atom. The molecule has 0 fully saturated rings. The highest BCUT2D eigenvalue weighted by Crippen LogP contribution is 2.45. The number of phosphoric acid groups is 2. The van der Waals surface area contributed by atoms with Gasteiger partial charge in [-0.2, -0.15) is 0 Å². The molecule has 85 heavy (non-hydrogen) atoms. The molecular formula is C66H128O17P2. The lowest BCUT2D eigenvalue weighted by atomic mass is 9.99. The van der Waals surface area contributed by atoms with Crippen molar-refractivity contribution in [3.63, 3.8) is 0 Å². The van der Waals surface area contributed by atoms with Crippen molar-refractivity contribution in [1.82, 2.24) is 0 Å². The van der Waals surface area contributed by atoms with Crippen LogP contribution in [0.15, 0.2) is 0 Å². The van der Waals surface area contributed by atoms with E-state index in [2.05, 4.69) is 55.4 Å².